The first-order chi connectivity index (χ1) is 11.6. The zero-order chi connectivity index (χ0) is 16.9. The molecule has 6 heteroatoms. The van der Waals surface area contributed by atoms with Crippen molar-refractivity contribution < 1.29 is 4.79 Å². The molecule has 0 spiro atoms. The summed E-state index contributed by atoms with van der Waals surface area (Å²) in [6.45, 7) is 1.70. The van der Waals surface area contributed by atoms with E-state index in [1.165, 1.54) is 11.3 Å². The van der Waals surface area contributed by atoms with E-state index in [1.54, 1.807) is 0 Å². The van der Waals surface area contributed by atoms with E-state index in [0.717, 1.165) is 55.2 Å². The monoisotopic (exact) mass is 344 g/mol. The molecular weight excluding hydrogens is 320 g/mol. The van der Waals surface area contributed by atoms with Crippen LogP contribution in [0.1, 0.15) is 34.6 Å². The van der Waals surface area contributed by atoms with Gasteiger partial charge in [-0.25, -0.2) is 4.98 Å². The van der Waals surface area contributed by atoms with Crippen LogP contribution in [0.25, 0.3) is 0 Å². The second-order valence-electron chi connectivity index (χ2n) is 6.53. The Labute approximate surface area is 147 Å². The van der Waals surface area contributed by atoms with Crippen LogP contribution in [-0.2, 0) is 6.42 Å². The van der Waals surface area contributed by atoms with Crippen LogP contribution in [0.2, 0.25) is 0 Å². The van der Waals surface area contributed by atoms with Gasteiger partial charge in [-0.2, -0.15) is 0 Å². The van der Waals surface area contributed by atoms with E-state index in [9.17, 15) is 4.79 Å². The fraction of sp³-hybridized carbons (Fsp3) is 0.500. The maximum atomic E-state index is 12.5. The van der Waals surface area contributed by atoms with E-state index >= 15 is 0 Å². The van der Waals surface area contributed by atoms with Crippen LogP contribution in [0.15, 0.2) is 29.9 Å². The third kappa shape index (κ3) is 4.12. The number of carbonyl (C=O) groups is 1. The summed E-state index contributed by atoms with van der Waals surface area (Å²) in [4.78, 5) is 26.3. The molecule has 2 aromatic heterocycles. The van der Waals surface area contributed by atoms with E-state index in [2.05, 4.69) is 9.97 Å². The van der Waals surface area contributed by atoms with Crippen molar-refractivity contribution in [3.63, 3.8) is 0 Å². The zero-order valence-corrected chi connectivity index (χ0v) is 15.1. The van der Waals surface area contributed by atoms with Crippen molar-refractivity contribution in [2.24, 2.45) is 5.92 Å². The summed E-state index contributed by atoms with van der Waals surface area (Å²) in [5.41, 5.74) is 1.05. The molecule has 0 unspecified atom stereocenters. The van der Waals surface area contributed by atoms with E-state index < -0.39 is 0 Å². The van der Waals surface area contributed by atoms with Crippen LogP contribution >= 0.6 is 11.3 Å². The fourth-order valence-electron chi connectivity index (χ4n) is 3.11. The Bertz CT molecular complexity index is 654. The lowest BCUT2D eigenvalue weighted by molar-refractivity contribution is 0.0765. The Kier molecular flexibility index (Phi) is 5.45. The van der Waals surface area contributed by atoms with Crippen molar-refractivity contribution in [1.29, 1.82) is 0 Å². The molecule has 5 nitrogen and oxygen atoms in total. The van der Waals surface area contributed by atoms with E-state index in [4.69, 9.17) is 0 Å². The molecule has 3 rings (SSSR count). The largest absolute Gasteiger partial charge is 0.361 e. The molecule has 1 atom stereocenters. The zero-order valence-electron chi connectivity index (χ0n) is 14.3. The first-order valence-electron chi connectivity index (χ1n) is 8.44. The van der Waals surface area contributed by atoms with Gasteiger partial charge in [0.05, 0.1) is 23.0 Å². The number of anilines is 1. The van der Waals surface area contributed by atoms with Crippen LogP contribution in [0.3, 0.4) is 0 Å². The average Bonchev–Trinajstić information content (AvgIpc) is 3.02. The van der Waals surface area contributed by atoms with Crippen molar-refractivity contribution in [3.05, 3.63) is 40.5 Å². The van der Waals surface area contributed by atoms with Gasteiger partial charge < -0.3 is 9.80 Å². The van der Waals surface area contributed by atoms with Crippen LogP contribution in [0.5, 0.6) is 0 Å². The molecule has 0 saturated carbocycles. The normalized spacial score (nSPS) is 18.2. The Morgan fingerprint density at radius 1 is 1.29 bits per heavy atom. The molecular formula is C18H24N4OS. The summed E-state index contributed by atoms with van der Waals surface area (Å²) in [5.74, 6) is 1.64. The topological polar surface area (TPSA) is 49.3 Å². The Morgan fingerprint density at radius 3 is 2.83 bits per heavy atom. The Balaban J connectivity index is 1.56. The van der Waals surface area contributed by atoms with Crippen molar-refractivity contribution in [3.8, 4) is 0 Å². The first kappa shape index (κ1) is 16.9. The first-order valence-corrected chi connectivity index (χ1v) is 9.32. The number of amides is 1. The van der Waals surface area contributed by atoms with Crippen LogP contribution < -0.4 is 4.90 Å². The van der Waals surface area contributed by atoms with Crippen LogP contribution in [-0.4, -0.2) is 48.0 Å². The van der Waals surface area contributed by atoms with Gasteiger partial charge in [0, 0.05) is 27.2 Å². The van der Waals surface area contributed by atoms with E-state index in [-0.39, 0.29) is 5.91 Å². The lowest BCUT2D eigenvalue weighted by Crippen LogP contribution is -2.31. The molecule has 0 radical (unpaired) electrons. The third-order valence-electron chi connectivity index (χ3n) is 4.51. The Morgan fingerprint density at radius 2 is 2.17 bits per heavy atom. The molecule has 0 bridgehead atoms. The molecule has 2 aromatic rings. The number of hydrogen-bond acceptors (Lipinski definition) is 5. The smallest absolute Gasteiger partial charge is 0.263 e. The summed E-state index contributed by atoms with van der Waals surface area (Å²) < 4.78 is 0. The van der Waals surface area contributed by atoms with Gasteiger partial charge in [-0.1, -0.05) is 6.07 Å². The number of aromatic nitrogens is 2. The number of nitrogens with zero attached hydrogens (tertiary/aromatic N) is 4. The molecule has 1 amide bonds. The lowest BCUT2D eigenvalue weighted by atomic mass is 9.95. The number of carbonyl (C=O) groups excluding carboxylic acids is 1. The maximum absolute atomic E-state index is 12.5. The quantitative estimate of drug-likeness (QED) is 0.855. The molecule has 1 aliphatic rings. The summed E-state index contributed by atoms with van der Waals surface area (Å²) in [7, 11) is 3.93. The molecule has 128 valence electrons. The van der Waals surface area contributed by atoms with Gasteiger partial charge in [0.15, 0.2) is 0 Å². The molecule has 3 heterocycles. The van der Waals surface area contributed by atoms with E-state index in [1.807, 2.05) is 53.8 Å². The molecule has 1 fully saturated rings. The van der Waals surface area contributed by atoms with E-state index in [0.29, 0.717) is 5.92 Å². The highest BCUT2D eigenvalue weighted by Gasteiger charge is 2.22. The standard InChI is InChI=1S/C18H24N4OS/c1-21(2)17-13-19-15(12-20-17)11-14-5-3-8-22(9-7-14)18(23)16-6-4-10-24-16/h4,6,10,12-14H,3,5,7-9,11H2,1-2H3/t14-/m1/s1. The highest BCUT2D eigenvalue weighted by molar-refractivity contribution is 7.12. The molecule has 1 aliphatic heterocycles. The molecule has 1 saturated heterocycles. The molecule has 0 aromatic carbocycles. The van der Waals surface area contributed by atoms with Crippen molar-refractivity contribution in [2.45, 2.75) is 25.7 Å². The minimum atomic E-state index is 0.181. The number of rotatable bonds is 4. The minimum absolute atomic E-state index is 0.181. The van der Waals surface area contributed by atoms with Crippen molar-refractivity contribution in [2.75, 3.05) is 32.1 Å². The minimum Gasteiger partial charge on any atom is -0.361 e. The summed E-state index contributed by atoms with van der Waals surface area (Å²) >= 11 is 1.53. The average molecular weight is 344 g/mol. The van der Waals surface area contributed by atoms with Crippen molar-refractivity contribution >= 4 is 23.1 Å². The van der Waals surface area contributed by atoms with Gasteiger partial charge in [0.2, 0.25) is 0 Å². The second-order valence-corrected chi connectivity index (χ2v) is 7.48. The molecule has 24 heavy (non-hydrogen) atoms. The molecule has 0 N–H and O–H groups in total. The van der Waals surface area contributed by atoms with Crippen molar-refractivity contribution in [1.82, 2.24) is 14.9 Å². The molecule has 0 aliphatic carbocycles. The third-order valence-corrected chi connectivity index (χ3v) is 5.37. The number of hydrogen-bond donors (Lipinski definition) is 0. The predicted octanol–water partition coefficient (Wildman–Crippen LogP) is 3.09. The van der Waals surface area contributed by atoms with Gasteiger partial charge in [0.25, 0.3) is 5.91 Å². The summed E-state index contributed by atoms with van der Waals surface area (Å²) in [6, 6.07) is 3.85. The highest BCUT2D eigenvalue weighted by Crippen LogP contribution is 2.23. The summed E-state index contributed by atoms with van der Waals surface area (Å²) in [5, 5.41) is 1.96. The van der Waals surface area contributed by atoms with Gasteiger partial charge in [-0.05, 0) is 43.0 Å². The maximum Gasteiger partial charge on any atom is 0.263 e. The number of thiophene rings is 1. The van der Waals surface area contributed by atoms with Gasteiger partial charge >= 0.3 is 0 Å². The van der Waals surface area contributed by atoms with Gasteiger partial charge in [0.1, 0.15) is 5.82 Å². The van der Waals surface area contributed by atoms with Crippen LogP contribution in [0, 0.1) is 5.92 Å². The highest BCUT2D eigenvalue weighted by atomic mass is 32.1. The lowest BCUT2D eigenvalue weighted by Gasteiger charge is -2.20. The summed E-state index contributed by atoms with van der Waals surface area (Å²) in [6.07, 6.45) is 7.90. The van der Waals surface area contributed by atoms with Gasteiger partial charge in [-0.15, -0.1) is 11.3 Å². The van der Waals surface area contributed by atoms with Gasteiger partial charge in [-0.3, -0.25) is 9.78 Å². The fourth-order valence-corrected chi connectivity index (χ4v) is 3.80. The number of likely N-dealkylation sites (tertiary alicyclic amines) is 1. The predicted molar refractivity (Wildman–Crippen MR) is 97.6 cm³/mol. The van der Waals surface area contributed by atoms with Crippen LogP contribution in [0.4, 0.5) is 5.82 Å². The second kappa shape index (κ2) is 7.75. The SMILES string of the molecule is CN(C)c1cnc(C[C@@H]2CCCN(C(=O)c3cccs3)CC2)cn1. The Hall–Kier alpha value is -1.95.